The van der Waals surface area contributed by atoms with Crippen LogP contribution in [0.25, 0.3) is 10.9 Å². The molecule has 0 unspecified atom stereocenters. The number of para-hydroxylation sites is 1. The Labute approximate surface area is 151 Å². The van der Waals surface area contributed by atoms with Crippen molar-refractivity contribution >= 4 is 22.4 Å². The minimum atomic E-state index is -0.224. The van der Waals surface area contributed by atoms with Crippen LogP contribution < -0.4 is 9.80 Å². The maximum Gasteiger partial charge on any atom is 0.187 e. The monoisotopic (exact) mass is 349 g/mol. The molecule has 1 saturated heterocycles. The summed E-state index contributed by atoms with van der Waals surface area (Å²) < 4.78 is 14.8. The van der Waals surface area contributed by atoms with Crippen molar-refractivity contribution in [2.45, 2.75) is 18.8 Å². The summed E-state index contributed by atoms with van der Waals surface area (Å²) in [6, 6.07) is 10.3. The zero-order valence-corrected chi connectivity index (χ0v) is 14.5. The molecule has 1 aromatic carbocycles. The van der Waals surface area contributed by atoms with Crippen LogP contribution in [0, 0.1) is 5.82 Å². The van der Waals surface area contributed by atoms with E-state index in [1.54, 1.807) is 0 Å². The highest BCUT2D eigenvalue weighted by Gasteiger charge is 2.31. The number of fused-ring (bicyclic) bond motifs is 1. The highest BCUT2D eigenvalue weighted by atomic mass is 19.1. The normalized spacial score (nSPS) is 17.7. The number of nitrogens with zero attached hydrogens (tertiary/aromatic N) is 5. The first-order valence-corrected chi connectivity index (χ1v) is 9.15. The van der Waals surface area contributed by atoms with Crippen molar-refractivity contribution in [2.24, 2.45) is 0 Å². The predicted octanol–water partition coefficient (Wildman–Crippen LogP) is 3.37. The van der Waals surface area contributed by atoms with Gasteiger partial charge in [0, 0.05) is 49.4 Å². The quantitative estimate of drug-likeness (QED) is 0.725. The van der Waals surface area contributed by atoms with E-state index in [4.69, 9.17) is 0 Å². The van der Waals surface area contributed by atoms with Gasteiger partial charge in [0.15, 0.2) is 11.6 Å². The smallest absolute Gasteiger partial charge is 0.187 e. The Bertz CT molecular complexity index is 943. The number of aromatic nitrogens is 3. The van der Waals surface area contributed by atoms with Gasteiger partial charge in [-0.05, 0) is 25.0 Å². The summed E-state index contributed by atoms with van der Waals surface area (Å²) >= 11 is 0. The maximum absolute atomic E-state index is 14.8. The summed E-state index contributed by atoms with van der Waals surface area (Å²) in [5.41, 5.74) is 2.79. The second-order valence-corrected chi connectivity index (χ2v) is 6.99. The molecule has 5 nitrogen and oxygen atoms in total. The lowest BCUT2D eigenvalue weighted by atomic mass is 10.1. The van der Waals surface area contributed by atoms with E-state index in [0.717, 1.165) is 49.9 Å². The summed E-state index contributed by atoms with van der Waals surface area (Å²) in [7, 11) is 0. The number of benzene rings is 1. The summed E-state index contributed by atoms with van der Waals surface area (Å²) in [5, 5.41) is 1.16. The van der Waals surface area contributed by atoms with E-state index < -0.39 is 0 Å². The summed E-state index contributed by atoms with van der Waals surface area (Å²) in [6.45, 7) is 3.15. The third kappa shape index (κ3) is 2.66. The fourth-order valence-electron chi connectivity index (χ4n) is 3.75. The van der Waals surface area contributed by atoms with E-state index in [0.29, 0.717) is 17.4 Å². The first-order valence-electron chi connectivity index (χ1n) is 9.15. The summed E-state index contributed by atoms with van der Waals surface area (Å²) in [4.78, 5) is 17.2. The highest BCUT2D eigenvalue weighted by molar-refractivity contribution is 5.91. The fourth-order valence-corrected chi connectivity index (χ4v) is 3.75. The van der Waals surface area contributed by atoms with Gasteiger partial charge in [-0.3, -0.25) is 4.98 Å². The Hall–Kier alpha value is -2.76. The van der Waals surface area contributed by atoms with E-state index in [-0.39, 0.29) is 5.82 Å². The molecule has 0 atom stereocenters. The average Bonchev–Trinajstić information content (AvgIpc) is 3.53. The van der Waals surface area contributed by atoms with Crippen LogP contribution in [0.1, 0.15) is 24.5 Å². The third-order valence-corrected chi connectivity index (χ3v) is 5.31. The van der Waals surface area contributed by atoms with Crippen LogP contribution in [-0.2, 0) is 0 Å². The molecule has 3 heterocycles. The standard InChI is InChI=1S/C20H20FN5/c21-18-19(14-5-6-14)23-13-24-20(18)26-11-9-25(10-12-26)17-7-8-22-16-4-2-1-3-15(16)17/h1-4,7-8,13-14H,5-6,9-12H2. The lowest BCUT2D eigenvalue weighted by molar-refractivity contribution is 0.568. The Balaban J connectivity index is 1.37. The number of rotatable bonds is 3. The summed E-state index contributed by atoms with van der Waals surface area (Å²) in [5.74, 6) is 0.528. The molecule has 2 aliphatic rings. The van der Waals surface area contributed by atoms with Gasteiger partial charge in [-0.25, -0.2) is 14.4 Å². The number of halogens is 1. The Kier molecular flexibility index (Phi) is 3.69. The van der Waals surface area contributed by atoms with Crippen molar-refractivity contribution in [1.29, 1.82) is 0 Å². The number of anilines is 2. The Morgan fingerprint density at radius 2 is 1.65 bits per heavy atom. The first-order chi connectivity index (χ1) is 12.8. The van der Waals surface area contributed by atoms with Crippen LogP contribution in [0.4, 0.5) is 15.9 Å². The van der Waals surface area contributed by atoms with Gasteiger partial charge >= 0.3 is 0 Å². The number of pyridine rings is 1. The van der Waals surface area contributed by atoms with Gasteiger partial charge < -0.3 is 9.80 Å². The molecule has 3 aromatic rings. The van der Waals surface area contributed by atoms with Crippen molar-refractivity contribution < 1.29 is 4.39 Å². The second kappa shape index (κ2) is 6.20. The molecule has 26 heavy (non-hydrogen) atoms. The van der Waals surface area contributed by atoms with Crippen molar-refractivity contribution in [1.82, 2.24) is 15.0 Å². The molecular weight excluding hydrogens is 329 g/mol. The zero-order valence-electron chi connectivity index (χ0n) is 14.5. The van der Waals surface area contributed by atoms with Gasteiger partial charge in [0.2, 0.25) is 0 Å². The lowest BCUT2D eigenvalue weighted by Gasteiger charge is -2.37. The maximum atomic E-state index is 14.8. The van der Waals surface area contributed by atoms with Crippen LogP contribution >= 0.6 is 0 Å². The molecule has 0 N–H and O–H groups in total. The van der Waals surface area contributed by atoms with E-state index >= 15 is 0 Å². The highest BCUT2D eigenvalue weighted by Crippen LogP contribution is 2.41. The van der Waals surface area contributed by atoms with Gasteiger partial charge in [-0.15, -0.1) is 0 Å². The van der Waals surface area contributed by atoms with Crippen molar-refractivity contribution in [3.05, 3.63) is 54.4 Å². The Morgan fingerprint density at radius 3 is 2.46 bits per heavy atom. The lowest BCUT2D eigenvalue weighted by Crippen LogP contribution is -2.47. The minimum absolute atomic E-state index is 0.224. The number of hydrogen-bond acceptors (Lipinski definition) is 5. The molecule has 1 saturated carbocycles. The van der Waals surface area contributed by atoms with Gasteiger partial charge in [0.1, 0.15) is 6.33 Å². The molecule has 2 fully saturated rings. The largest absolute Gasteiger partial charge is 0.367 e. The van der Waals surface area contributed by atoms with Gasteiger partial charge in [0.25, 0.3) is 0 Å². The Morgan fingerprint density at radius 1 is 0.885 bits per heavy atom. The number of piperazine rings is 1. The van der Waals surface area contributed by atoms with E-state index in [9.17, 15) is 4.39 Å². The molecule has 0 amide bonds. The molecule has 132 valence electrons. The summed E-state index contributed by atoms with van der Waals surface area (Å²) in [6.07, 6.45) is 5.44. The van der Waals surface area contributed by atoms with Gasteiger partial charge in [-0.2, -0.15) is 0 Å². The first kappa shape index (κ1) is 15.5. The van der Waals surface area contributed by atoms with Crippen molar-refractivity contribution in [2.75, 3.05) is 36.0 Å². The van der Waals surface area contributed by atoms with Crippen LogP contribution in [0.2, 0.25) is 0 Å². The second-order valence-electron chi connectivity index (χ2n) is 6.99. The molecule has 0 bridgehead atoms. The van der Waals surface area contributed by atoms with E-state index in [1.807, 2.05) is 29.3 Å². The molecule has 0 radical (unpaired) electrons. The van der Waals surface area contributed by atoms with E-state index in [1.165, 1.54) is 12.0 Å². The molecule has 0 spiro atoms. The minimum Gasteiger partial charge on any atom is -0.367 e. The average molecular weight is 349 g/mol. The molecule has 5 rings (SSSR count). The van der Waals surface area contributed by atoms with Crippen LogP contribution in [0.3, 0.4) is 0 Å². The SMILES string of the molecule is Fc1c(C2CC2)ncnc1N1CCN(c2ccnc3ccccc23)CC1. The van der Waals surface area contributed by atoms with Gasteiger partial charge in [-0.1, -0.05) is 18.2 Å². The molecular formula is C20H20FN5. The van der Waals surface area contributed by atoms with Crippen LogP contribution in [0.15, 0.2) is 42.9 Å². The van der Waals surface area contributed by atoms with Crippen molar-refractivity contribution in [3.8, 4) is 0 Å². The molecule has 2 aromatic heterocycles. The fraction of sp³-hybridized carbons (Fsp3) is 0.350. The molecule has 1 aliphatic heterocycles. The number of hydrogen-bond donors (Lipinski definition) is 0. The van der Waals surface area contributed by atoms with Crippen molar-refractivity contribution in [3.63, 3.8) is 0 Å². The predicted molar refractivity (Wildman–Crippen MR) is 100 cm³/mol. The van der Waals surface area contributed by atoms with Gasteiger partial charge in [0.05, 0.1) is 11.2 Å². The molecule has 6 heteroatoms. The van der Waals surface area contributed by atoms with Crippen LogP contribution in [-0.4, -0.2) is 41.1 Å². The third-order valence-electron chi connectivity index (χ3n) is 5.31. The van der Waals surface area contributed by atoms with E-state index in [2.05, 4.69) is 32.0 Å². The topological polar surface area (TPSA) is 45.2 Å². The van der Waals surface area contributed by atoms with Crippen LogP contribution in [0.5, 0.6) is 0 Å². The zero-order chi connectivity index (χ0) is 17.5. The molecule has 1 aliphatic carbocycles.